The highest BCUT2D eigenvalue weighted by atomic mass is 35.5. The van der Waals surface area contributed by atoms with Gasteiger partial charge in [0, 0.05) is 24.2 Å². The minimum Gasteiger partial charge on any atom is -0.265 e. The van der Waals surface area contributed by atoms with Gasteiger partial charge < -0.3 is 0 Å². The number of hydrogen-bond donors (Lipinski definition) is 0. The van der Waals surface area contributed by atoms with Gasteiger partial charge in [-0.25, -0.2) is 4.98 Å². The molecule has 0 aliphatic heterocycles. The van der Waals surface area contributed by atoms with E-state index in [1.807, 2.05) is 19.1 Å². The Morgan fingerprint density at radius 1 is 1.31 bits per heavy atom. The van der Waals surface area contributed by atoms with Gasteiger partial charge in [0.1, 0.15) is 11.2 Å². The van der Waals surface area contributed by atoms with Gasteiger partial charge in [-0.15, -0.1) is 0 Å². The molecule has 2 heterocycles. The third-order valence-corrected chi connectivity index (χ3v) is 2.59. The molecule has 0 spiro atoms. The van der Waals surface area contributed by atoms with Crippen molar-refractivity contribution in [2.24, 2.45) is 0 Å². The summed E-state index contributed by atoms with van der Waals surface area (Å²) in [6.07, 6.45) is 5.04. The van der Waals surface area contributed by atoms with E-state index in [9.17, 15) is 0 Å². The molecule has 2 aromatic rings. The minimum absolute atomic E-state index is 0.236. The van der Waals surface area contributed by atoms with Crippen LogP contribution in [0.2, 0.25) is 5.15 Å². The molecule has 2 aromatic heterocycles. The van der Waals surface area contributed by atoms with Gasteiger partial charge >= 0.3 is 0 Å². The fraction of sp³-hybridized carbons (Fsp3) is 0.0833. The number of rotatable bonds is 1. The zero-order chi connectivity index (χ0) is 11.5. The summed E-state index contributed by atoms with van der Waals surface area (Å²) in [7, 11) is 0. The first-order valence-corrected chi connectivity index (χ1v) is 5.07. The predicted molar refractivity (Wildman–Crippen MR) is 61.9 cm³/mol. The number of halogens is 1. The monoisotopic (exact) mass is 229 g/mol. The van der Waals surface area contributed by atoms with Crippen LogP contribution in [-0.4, -0.2) is 9.97 Å². The van der Waals surface area contributed by atoms with Crippen molar-refractivity contribution in [1.82, 2.24) is 9.97 Å². The topological polar surface area (TPSA) is 49.6 Å². The highest BCUT2D eigenvalue weighted by Crippen LogP contribution is 2.29. The summed E-state index contributed by atoms with van der Waals surface area (Å²) < 4.78 is 0. The molecule has 0 aliphatic rings. The molecule has 4 heteroatoms. The molecule has 3 nitrogen and oxygen atoms in total. The molecule has 0 unspecified atom stereocenters. The fourth-order valence-electron chi connectivity index (χ4n) is 1.58. The Morgan fingerprint density at radius 3 is 2.62 bits per heavy atom. The number of aromatic nitrogens is 2. The summed E-state index contributed by atoms with van der Waals surface area (Å²) in [5.41, 5.74) is 3.08. The Bertz CT molecular complexity index is 558. The van der Waals surface area contributed by atoms with Crippen molar-refractivity contribution in [3.05, 3.63) is 47.0 Å². The van der Waals surface area contributed by atoms with Gasteiger partial charge in [0.25, 0.3) is 0 Å². The van der Waals surface area contributed by atoms with Crippen LogP contribution in [0, 0.1) is 18.3 Å². The Morgan fingerprint density at radius 2 is 2.00 bits per heavy atom. The Hall–Kier alpha value is -1.92. The predicted octanol–water partition coefficient (Wildman–Crippen LogP) is 2.98. The second-order valence-electron chi connectivity index (χ2n) is 3.33. The van der Waals surface area contributed by atoms with E-state index in [1.165, 1.54) is 0 Å². The van der Waals surface area contributed by atoms with Gasteiger partial charge in [0.15, 0.2) is 0 Å². The highest BCUT2D eigenvalue weighted by Gasteiger charge is 2.12. The molecular formula is C12H8ClN3. The lowest BCUT2D eigenvalue weighted by Crippen LogP contribution is -1.93. The second kappa shape index (κ2) is 4.30. The van der Waals surface area contributed by atoms with Crippen molar-refractivity contribution in [3.8, 4) is 17.2 Å². The van der Waals surface area contributed by atoms with Crippen molar-refractivity contribution in [2.75, 3.05) is 0 Å². The van der Waals surface area contributed by atoms with Crippen LogP contribution in [0.5, 0.6) is 0 Å². The van der Waals surface area contributed by atoms with Gasteiger partial charge in [-0.3, -0.25) is 4.98 Å². The molecule has 0 atom stereocenters. The average Bonchev–Trinajstić information content (AvgIpc) is 2.33. The minimum atomic E-state index is 0.236. The Labute approximate surface area is 98.4 Å². The molecule has 0 aromatic carbocycles. The fourth-order valence-corrected chi connectivity index (χ4v) is 1.76. The standard InChI is InChI=1S/C12H8ClN3/c1-8-7-16-12(13)10(6-14)11(8)9-2-4-15-5-3-9/h2-5,7H,1H3. The van der Waals surface area contributed by atoms with E-state index in [1.54, 1.807) is 18.6 Å². The maximum Gasteiger partial charge on any atom is 0.147 e. The molecule has 0 amide bonds. The summed E-state index contributed by atoms with van der Waals surface area (Å²) in [5, 5.41) is 9.33. The lowest BCUT2D eigenvalue weighted by molar-refractivity contribution is 1.24. The maximum atomic E-state index is 9.09. The number of nitriles is 1. The SMILES string of the molecule is Cc1cnc(Cl)c(C#N)c1-c1ccncc1. The normalized spacial score (nSPS) is 9.81. The summed E-state index contributed by atoms with van der Waals surface area (Å²) >= 11 is 5.90. The van der Waals surface area contributed by atoms with E-state index < -0.39 is 0 Å². The average molecular weight is 230 g/mol. The number of hydrogen-bond acceptors (Lipinski definition) is 3. The number of nitrogens with zero attached hydrogens (tertiary/aromatic N) is 3. The van der Waals surface area contributed by atoms with E-state index in [0.717, 1.165) is 16.7 Å². The lowest BCUT2D eigenvalue weighted by atomic mass is 9.99. The molecular weight excluding hydrogens is 222 g/mol. The summed E-state index contributed by atoms with van der Waals surface area (Å²) in [4.78, 5) is 7.91. The van der Waals surface area contributed by atoms with Crippen LogP contribution in [0.4, 0.5) is 0 Å². The Balaban J connectivity index is 2.75. The van der Waals surface area contributed by atoms with Crippen LogP contribution in [-0.2, 0) is 0 Å². The van der Waals surface area contributed by atoms with Crippen molar-refractivity contribution in [1.29, 1.82) is 5.26 Å². The van der Waals surface area contributed by atoms with Crippen LogP contribution in [0.3, 0.4) is 0 Å². The molecule has 0 radical (unpaired) electrons. The summed E-state index contributed by atoms with van der Waals surface area (Å²) in [6.45, 7) is 1.90. The van der Waals surface area contributed by atoms with Gasteiger partial charge in [-0.05, 0) is 30.2 Å². The first-order valence-electron chi connectivity index (χ1n) is 4.69. The van der Waals surface area contributed by atoms with Gasteiger partial charge in [-0.2, -0.15) is 5.26 Å². The molecule has 0 aliphatic carbocycles. The molecule has 0 saturated carbocycles. The summed E-state index contributed by atoms with van der Waals surface area (Å²) in [6, 6.07) is 5.78. The third kappa shape index (κ3) is 1.75. The van der Waals surface area contributed by atoms with Crippen molar-refractivity contribution >= 4 is 11.6 Å². The Kier molecular flexibility index (Phi) is 2.84. The maximum absolute atomic E-state index is 9.09. The molecule has 2 rings (SSSR count). The van der Waals surface area contributed by atoms with Crippen LogP contribution in [0.1, 0.15) is 11.1 Å². The smallest absolute Gasteiger partial charge is 0.147 e. The summed E-state index contributed by atoms with van der Waals surface area (Å²) in [5.74, 6) is 0. The van der Waals surface area contributed by atoms with E-state index in [0.29, 0.717) is 5.56 Å². The largest absolute Gasteiger partial charge is 0.265 e. The van der Waals surface area contributed by atoms with Gasteiger partial charge in [-0.1, -0.05) is 11.6 Å². The third-order valence-electron chi connectivity index (χ3n) is 2.30. The zero-order valence-electron chi connectivity index (χ0n) is 8.61. The van der Waals surface area contributed by atoms with Crippen LogP contribution in [0.15, 0.2) is 30.7 Å². The number of aryl methyl sites for hydroxylation is 1. The van der Waals surface area contributed by atoms with E-state index in [4.69, 9.17) is 16.9 Å². The molecule has 0 bridgehead atoms. The van der Waals surface area contributed by atoms with Gasteiger partial charge in [0.2, 0.25) is 0 Å². The molecule has 0 saturated heterocycles. The lowest BCUT2D eigenvalue weighted by Gasteiger charge is -2.08. The highest BCUT2D eigenvalue weighted by molar-refractivity contribution is 6.31. The van der Waals surface area contributed by atoms with Crippen molar-refractivity contribution in [2.45, 2.75) is 6.92 Å². The molecule has 0 N–H and O–H groups in total. The van der Waals surface area contributed by atoms with Crippen molar-refractivity contribution < 1.29 is 0 Å². The number of pyridine rings is 2. The first kappa shape index (κ1) is 10.6. The van der Waals surface area contributed by atoms with Crippen LogP contribution >= 0.6 is 11.6 Å². The molecule has 78 valence electrons. The van der Waals surface area contributed by atoms with Gasteiger partial charge in [0.05, 0.1) is 5.56 Å². The van der Waals surface area contributed by atoms with Crippen molar-refractivity contribution in [3.63, 3.8) is 0 Å². The van der Waals surface area contributed by atoms with Crippen LogP contribution in [0.25, 0.3) is 11.1 Å². The first-order chi connectivity index (χ1) is 7.74. The molecule has 0 fully saturated rings. The van der Waals surface area contributed by atoms with Crippen LogP contribution < -0.4 is 0 Å². The van der Waals surface area contributed by atoms with E-state index in [-0.39, 0.29) is 5.15 Å². The zero-order valence-corrected chi connectivity index (χ0v) is 9.36. The molecule has 16 heavy (non-hydrogen) atoms. The van der Waals surface area contributed by atoms with E-state index >= 15 is 0 Å². The quantitative estimate of drug-likeness (QED) is 0.707. The second-order valence-corrected chi connectivity index (χ2v) is 3.69. The van der Waals surface area contributed by atoms with E-state index in [2.05, 4.69) is 16.0 Å².